The SMILES string of the molecule is COc1cc(C(=O)Nc2nc(-c3cc(F)ccc3F)cs2)ccc1OCc1cscn1. The van der Waals surface area contributed by atoms with Crippen LogP contribution in [0.5, 0.6) is 11.5 Å². The van der Waals surface area contributed by atoms with Crippen molar-refractivity contribution in [3.05, 3.63) is 75.6 Å². The number of carbonyl (C=O) groups is 1. The molecule has 0 unspecified atom stereocenters. The van der Waals surface area contributed by atoms with Crippen molar-refractivity contribution in [1.82, 2.24) is 9.97 Å². The Balaban J connectivity index is 1.47. The molecule has 2 aromatic heterocycles. The van der Waals surface area contributed by atoms with E-state index in [-0.39, 0.29) is 23.0 Å². The zero-order valence-electron chi connectivity index (χ0n) is 16.1. The summed E-state index contributed by atoms with van der Waals surface area (Å²) in [6.45, 7) is 0.282. The second-order valence-electron chi connectivity index (χ2n) is 6.25. The maximum atomic E-state index is 13.9. The molecule has 0 aliphatic rings. The number of aromatic nitrogens is 2. The molecule has 0 saturated heterocycles. The van der Waals surface area contributed by atoms with Crippen LogP contribution in [0.4, 0.5) is 13.9 Å². The largest absolute Gasteiger partial charge is 0.493 e. The number of nitrogens with one attached hydrogen (secondary N) is 1. The third kappa shape index (κ3) is 4.86. The number of halogens is 2. The molecule has 4 aromatic rings. The summed E-state index contributed by atoms with van der Waals surface area (Å²) in [4.78, 5) is 21.0. The Bertz CT molecular complexity index is 1210. The van der Waals surface area contributed by atoms with Crippen LogP contribution in [0.15, 0.2) is 52.7 Å². The van der Waals surface area contributed by atoms with Gasteiger partial charge in [-0.1, -0.05) is 0 Å². The lowest BCUT2D eigenvalue weighted by atomic mass is 10.1. The number of carbonyl (C=O) groups excluding carboxylic acids is 1. The summed E-state index contributed by atoms with van der Waals surface area (Å²) < 4.78 is 38.4. The van der Waals surface area contributed by atoms with Crippen LogP contribution < -0.4 is 14.8 Å². The number of methoxy groups -OCH3 is 1. The maximum absolute atomic E-state index is 13.9. The number of hydrogen-bond donors (Lipinski definition) is 1. The van der Waals surface area contributed by atoms with Crippen molar-refractivity contribution >= 4 is 33.7 Å². The van der Waals surface area contributed by atoms with Crippen molar-refractivity contribution < 1.29 is 23.0 Å². The van der Waals surface area contributed by atoms with E-state index in [1.165, 1.54) is 18.4 Å². The number of hydrogen-bond acceptors (Lipinski definition) is 7. The van der Waals surface area contributed by atoms with E-state index < -0.39 is 17.5 Å². The number of thiazole rings is 2. The smallest absolute Gasteiger partial charge is 0.257 e. The lowest BCUT2D eigenvalue weighted by Gasteiger charge is -2.11. The normalized spacial score (nSPS) is 10.7. The highest BCUT2D eigenvalue weighted by atomic mass is 32.1. The molecule has 0 saturated carbocycles. The van der Waals surface area contributed by atoms with Crippen LogP contribution in [-0.2, 0) is 6.61 Å². The molecule has 0 fully saturated rings. The molecular formula is C21H15F2N3O3S2. The molecule has 6 nitrogen and oxygen atoms in total. The van der Waals surface area contributed by atoms with E-state index in [1.807, 2.05) is 5.38 Å². The van der Waals surface area contributed by atoms with Crippen molar-refractivity contribution in [2.24, 2.45) is 0 Å². The van der Waals surface area contributed by atoms with Gasteiger partial charge in [0.25, 0.3) is 5.91 Å². The van der Waals surface area contributed by atoms with Gasteiger partial charge in [0.2, 0.25) is 0 Å². The lowest BCUT2D eigenvalue weighted by Crippen LogP contribution is -2.12. The van der Waals surface area contributed by atoms with Crippen LogP contribution >= 0.6 is 22.7 Å². The first-order chi connectivity index (χ1) is 15.0. The molecule has 158 valence electrons. The highest BCUT2D eigenvalue weighted by Gasteiger charge is 2.15. The quantitative estimate of drug-likeness (QED) is 0.401. The van der Waals surface area contributed by atoms with Gasteiger partial charge in [0, 0.05) is 21.9 Å². The van der Waals surface area contributed by atoms with Crippen molar-refractivity contribution in [3.8, 4) is 22.8 Å². The van der Waals surface area contributed by atoms with Crippen LogP contribution in [0.1, 0.15) is 16.1 Å². The van der Waals surface area contributed by atoms with Crippen molar-refractivity contribution in [3.63, 3.8) is 0 Å². The summed E-state index contributed by atoms with van der Waals surface area (Å²) >= 11 is 2.58. The van der Waals surface area contributed by atoms with Crippen LogP contribution in [0, 0.1) is 11.6 Å². The van der Waals surface area contributed by atoms with Gasteiger partial charge >= 0.3 is 0 Å². The molecule has 0 aliphatic carbocycles. The zero-order chi connectivity index (χ0) is 21.8. The topological polar surface area (TPSA) is 73.3 Å². The second kappa shape index (κ2) is 9.19. The molecule has 2 heterocycles. The van der Waals surface area contributed by atoms with Crippen molar-refractivity contribution in [2.75, 3.05) is 12.4 Å². The molecule has 0 aliphatic heterocycles. The molecule has 0 radical (unpaired) electrons. The van der Waals surface area contributed by atoms with E-state index >= 15 is 0 Å². The van der Waals surface area contributed by atoms with Crippen molar-refractivity contribution in [1.29, 1.82) is 0 Å². The Hall–Kier alpha value is -3.37. The second-order valence-corrected chi connectivity index (χ2v) is 7.83. The standard InChI is InChI=1S/C21H15F2N3O3S2/c1-28-19-6-12(2-5-18(19)29-8-14-9-30-11-24-14)20(27)26-21-25-17(10-31-21)15-7-13(22)3-4-16(15)23/h2-7,9-11H,8H2,1H3,(H,25,26,27). The van der Waals surface area contributed by atoms with E-state index in [9.17, 15) is 13.6 Å². The molecule has 2 aromatic carbocycles. The van der Waals surface area contributed by atoms with E-state index in [0.717, 1.165) is 35.2 Å². The molecule has 0 spiro atoms. The Morgan fingerprint density at radius 3 is 2.77 bits per heavy atom. The summed E-state index contributed by atoms with van der Waals surface area (Å²) in [5.74, 6) is -0.721. The number of nitrogens with zero attached hydrogens (tertiary/aromatic N) is 2. The maximum Gasteiger partial charge on any atom is 0.257 e. The molecule has 1 amide bonds. The van der Waals surface area contributed by atoms with Crippen molar-refractivity contribution in [2.45, 2.75) is 6.61 Å². The first-order valence-corrected chi connectivity index (χ1v) is 10.8. The average molecular weight is 459 g/mol. The Labute approximate surface area is 184 Å². The molecule has 0 atom stereocenters. The van der Waals surface area contributed by atoms with E-state index in [4.69, 9.17) is 9.47 Å². The predicted molar refractivity (Wildman–Crippen MR) is 115 cm³/mol. The number of rotatable bonds is 7. The molecule has 31 heavy (non-hydrogen) atoms. The highest BCUT2D eigenvalue weighted by molar-refractivity contribution is 7.14. The van der Waals surface area contributed by atoms with E-state index in [2.05, 4.69) is 15.3 Å². The van der Waals surface area contributed by atoms with Crippen LogP contribution in [0.2, 0.25) is 0 Å². The first kappa shape index (κ1) is 20.9. The van der Waals surface area contributed by atoms with Gasteiger partial charge in [0.15, 0.2) is 16.6 Å². The number of benzene rings is 2. The zero-order valence-corrected chi connectivity index (χ0v) is 17.7. The van der Waals surface area contributed by atoms with Crippen LogP contribution in [-0.4, -0.2) is 23.0 Å². The van der Waals surface area contributed by atoms with Gasteiger partial charge in [-0.3, -0.25) is 10.1 Å². The van der Waals surface area contributed by atoms with Gasteiger partial charge in [0.05, 0.1) is 24.0 Å². The minimum absolute atomic E-state index is 0.0278. The monoisotopic (exact) mass is 459 g/mol. The molecule has 4 rings (SSSR count). The van der Waals surface area contributed by atoms with Gasteiger partial charge in [-0.2, -0.15) is 0 Å². The fraction of sp³-hybridized carbons (Fsp3) is 0.0952. The average Bonchev–Trinajstić information content (AvgIpc) is 3.46. The molecule has 1 N–H and O–H groups in total. The third-order valence-electron chi connectivity index (χ3n) is 4.21. The summed E-state index contributed by atoms with van der Waals surface area (Å²) in [5.41, 5.74) is 3.10. The molecular weight excluding hydrogens is 444 g/mol. The third-order valence-corrected chi connectivity index (χ3v) is 5.61. The summed E-state index contributed by atoms with van der Waals surface area (Å²) in [7, 11) is 1.48. The first-order valence-electron chi connectivity index (χ1n) is 8.93. The van der Waals surface area contributed by atoms with E-state index in [1.54, 1.807) is 29.1 Å². The Kier molecular flexibility index (Phi) is 6.19. The number of ether oxygens (including phenoxy) is 2. The van der Waals surface area contributed by atoms with Crippen LogP contribution in [0.3, 0.4) is 0 Å². The minimum atomic E-state index is -0.595. The molecule has 10 heteroatoms. The number of amides is 1. The van der Waals surface area contributed by atoms with Gasteiger partial charge in [-0.15, -0.1) is 22.7 Å². The van der Waals surface area contributed by atoms with Crippen LogP contribution in [0.25, 0.3) is 11.3 Å². The van der Waals surface area contributed by atoms with Gasteiger partial charge in [-0.25, -0.2) is 18.7 Å². The fourth-order valence-electron chi connectivity index (χ4n) is 2.71. The lowest BCUT2D eigenvalue weighted by molar-refractivity contribution is 0.102. The van der Waals surface area contributed by atoms with Gasteiger partial charge in [0.1, 0.15) is 18.2 Å². The predicted octanol–water partition coefficient (Wildman–Crippen LogP) is 5.38. The minimum Gasteiger partial charge on any atom is -0.493 e. The Morgan fingerprint density at radius 2 is 2.00 bits per heavy atom. The fourth-order valence-corrected chi connectivity index (χ4v) is 3.96. The number of anilines is 1. The molecule has 0 bridgehead atoms. The van der Waals surface area contributed by atoms with Gasteiger partial charge in [-0.05, 0) is 36.4 Å². The Morgan fingerprint density at radius 1 is 1.13 bits per heavy atom. The summed E-state index contributed by atoms with van der Waals surface area (Å²) in [6.07, 6.45) is 0. The summed E-state index contributed by atoms with van der Waals surface area (Å²) in [6, 6.07) is 7.90. The van der Waals surface area contributed by atoms with Gasteiger partial charge < -0.3 is 9.47 Å². The van der Waals surface area contributed by atoms with E-state index in [0.29, 0.717) is 17.1 Å². The highest BCUT2D eigenvalue weighted by Crippen LogP contribution is 2.31. The summed E-state index contributed by atoms with van der Waals surface area (Å²) in [5, 5.41) is 6.34.